The molecule has 9 nitrogen and oxygen atoms in total. The van der Waals surface area contributed by atoms with Crippen LogP contribution in [-0.2, 0) is 7.05 Å². The maximum atomic E-state index is 13.2. The van der Waals surface area contributed by atoms with Gasteiger partial charge in [0.25, 0.3) is 12.3 Å². The molecule has 31 heavy (non-hydrogen) atoms. The van der Waals surface area contributed by atoms with Crippen LogP contribution in [0.5, 0.6) is 0 Å². The van der Waals surface area contributed by atoms with Crippen molar-refractivity contribution in [3.63, 3.8) is 0 Å². The molecule has 3 aromatic rings. The van der Waals surface area contributed by atoms with Gasteiger partial charge in [-0.2, -0.15) is 5.10 Å². The highest BCUT2D eigenvalue weighted by Crippen LogP contribution is 2.26. The van der Waals surface area contributed by atoms with E-state index in [1.54, 1.807) is 18.3 Å². The lowest BCUT2D eigenvalue weighted by atomic mass is 10.2. The third kappa shape index (κ3) is 4.07. The summed E-state index contributed by atoms with van der Waals surface area (Å²) >= 11 is 0. The number of alkyl halides is 3. The quantitative estimate of drug-likeness (QED) is 0.652. The highest BCUT2D eigenvalue weighted by Gasteiger charge is 2.33. The Morgan fingerprint density at radius 3 is 2.58 bits per heavy atom. The van der Waals surface area contributed by atoms with Gasteiger partial charge in [0.05, 0.1) is 24.6 Å². The number of halogens is 3. The lowest BCUT2D eigenvalue weighted by Crippen LogP contribution is -2.51. The second kappa shape index (κ2) is 8.53. The highest BCUT2D eigenvalue weighted by atomic mass is 19.3. The van der Waals surface area contributed by atoms with Crippen molar-refractivity contribution >= 4 is 23.1 Å². The summed E-state index contributed by atoms with van der Waals surface area (Å²) < 4.78 is 38.5. The molecule has 2 N–H and O–H groups in total. The van der Waals surface area contributed by atoms with Crippen molar-refractivity contribution in [1.82, 2.24) is 29.7 Å². The molecule has 0 radical (unpaired) electrons. The number of hydrogen-bond donors (Lipinski definition) is 2. The molecular weight excluding hydrogens is 413 g/mol. The number of rotatable bonds is 4. The Kier molecular flexibility index (Phi) is 5.81. The van der Waals surface area contributed by atoms with Crippen molar-refractivity contribution in [3.8, 4) is 0 Å². The molecule has 166 valence electrons. The zero-order valence-corrected chi connectivity index (χ0v) is 17.1. The second-order valence-corrected chi connectivity index (χ2v) is 7.51. The first-order valence-electron chi connectivity index (χ1n) is 9.84. The summed E-state index contributed by atoms with van der Waals surface area (Å²) in [6.45, 7) is 1.64. The first kappa shape index (κ1) is 21.1. The van der Waals surface area contributed by atoms with Crippen LogP contribution in [0.3, 0.4) is 0 Å². The molecule has 1 amide bonds. The summed E-state index contributed by atoms with van der Waals surface area (Å²) in [5, 5.41) is 14.3. The number of aromatic nitrogens is 5. The van der Waals surface area contributed by atoms with Crippen molar-refractivity contribution < 1.29 is 18.0 Å². The van der Waals surface area contributed by atoms with E-state index in [1.165, 1.54) is 22.4 Å². The number of amides is 1. The van der Waals surface area contributed by atoms with Crippen LogP contribution in [0.1, 0.15) is 35.4 Å². The molecule has 3 aromatic heterocycles. The van der Waals surface area contributed by atoms with Crippen LogP contribution >= 0.6 is 0 Å². The average molecular weight is 436 g/mol. The van der Waals surface area contributed by atoms with Gasteiger partial charge in [0.2, 0.25) is 5.95 Å². The molecule has 12 heteroatoms. The van der Waals surface area contributed by atoms with Gasteiger partial charge in [0.15, 0.2) is 5.69 Å². The van der Waals surface area contributed by atoms with Gasteiger partial charge in [-0.05, 0) is 25.0 Å². The molecule has 2 atom stereocenters. The number of piperazine rings is 1. The normalized spacial score (nSPS) is 20.1. The van der Waals surface area contributed by atoms with E-state index in [0.29, 0.717) is 30.7 Å². The number of carbonyl (C=O) groups excluding carboxylic acids is 1. The molecular formula is C19H23F3N8O. The predicted molar refractivity (Wildman–Crippen MR) is 108 cm³/mol. The maximum absolute atomic E-state index is 13.2. The number of fused-ring (bicyclic) bond motifs is 3. The third-order valence-corrected chi connectivity index (χ3v) is 5.43. The lowest BCUT2D eigenvalue weighted by Gasteiger charge is -2.32. The lowest BCUT2D eigenvalue weighted by molar-refractivity contribution is 0.101. The molecule has 2 aliphatic rings. The van der Waals surface area contributed by atoms with Crippen LogP contribution < -0.4 is 15.5 Å². The van der Waals surface area contributed by atoms with Crippen LogP contribution in [-0.4, -0.2) is 62.6 Å². The summed E-state index contributed by atoms with van der Waals surface area (Å²) in [6, 6.07) is 4.18. The minimum atomic E-state index is -2.78. The zero-order chi connectivity index (χ0) is 22.1. The Balaban J connectivity index is 0.00000112. The van der Waals surface area contributed by atoms with E-state index < -0.39 is 18.0 Å². The smallest absolute Gasteiger partial charge is 0.284 e. The summed E-state index contributed by atoms with van der Waals surface area (Å²) in [5.74, 6) is 0.0146. The topological polar surface area (TPSA) is 92.4 Å². The van der Waals surface area contributed by atoms with E-state index in [-0.39, 0.29) is 11.4 Å². The number of nitrogens with zero attached hydrogens (tertiary/aromatic N) is 6. The summed E-state index contributed by atoms with van der Waals surface area (Å²) in [6.07, 6.45) is 2.51. The summed E-state index contributed by atoms with van der Waals surface area (Å²) in [7, 11) is 2.02. The van der Waals surface area contributed by atoms with E-state index in [9.17, 15) is 18.0 Å². The summed E-state index contributed by atoms with van der Waals surface area (Å²) in [5.41, 5.74) is 0.409. The van der Waals surface area contributed by atoms with Crippen molar-refractivity contribution in [1.29, 1.82) is 0 Å². The van der Waals surface area contributed by atoms with E-state index in [1.807, 2.05) is 0 Å². The molecule has 5 heterocycles. The number of carbonyl (C=O) groups is 1. The number of hydrogen-bond acceptors (Lipinski definition) is 6. The van der Waals surface area contributed by atoms with Crippen molar-refractivity contribution in [3.05, 3.63) is 35.9 Å². The minimum absolute atomic E-state index is 0.0181. The molecule has 0 aliphatic carbocycles. The SMILES string of the molecule is CF.Cn1cc(NC(=O)c2ccc3cnc(N4CC5CCC(C4)N5)nn23)c(C(F)F)n1. The summed E-state index contributed by atoms with van der Waals surface area (Å²) in [4.78, 5) is 19.3. The number of anilines is 2. The Morgan fingerprint density at radius 1 is 1.19 bits per heavy atom. The van der Waals surface area contributed by atoms with Gasteiger partial charge in [0.1, 0.15) is 5.69 Å². The molecule has 0 saturated carbocycles. The van der Waals surface area contributed by atoms with Gasteiger partial charge in [-0.15, -0.1) is 5.10 Å². The molecule has 5 rings (SSSR count). The standard InChI is InChI=1S/C18H20F2N8O.CH3F/c1-26-9-13(15(24-26)16(19)20)23-17(29)14-5-4-12-6-21-18(25-28(12)14)27-7-10-2-3-11(8-27)22-10;1-2/h4-6,9-11,16,22H,2-3,7-8H2,1H3,(H,23,29);1H3. The molecule has 2 bridgehead atoms. The molecule has 2 fully saturated rings. The predicted octanol–water partition coefficient (Wildman–Crippen LogP) is 2.18. The Morgan fingerprint density at radius 2 is 1.90 bits per heavy atom. The van der Waals surface area contributed by atoms with Crippen molar-refractivity contribution in [2.45, 2.75) is 31.4 Å². The first-order valence-corrected chi connectivity index (χ1v) is 9.84. The maximum Gasteiger partial charge on any atom is 0.284 e. The fourth-order valence-corrected chi connectivity index (χ4v) is 4.12. The Hall–Kier alpha value is -3.15. The monoisotopic (exact) mass is 436 g/mol. The van der Waals surface area contributed by atoms with E-state index in [0.717, 1.165) is 25.9 Å². The largest absolute Gasteiger partial charge is 0.336 e. The van der Waals surface area contributed by atoms with Crippen LogP contribution in [0.4, 0.5) is 24.8 Å². The molecule has 2 saturated heterocycles. The van der Waals surface area contributed by atoms with Gasteiger partial charge in [-0.25, -0.2) is 18.3 Å². The average Bonchev–Trinajstić information content (AvgIpc) is 3.45. The first-order chi connectivity index (χ1) is 15.0. The molecule has 0 aromatic carbocycles. The van der Waals surface area contributed by atoms with Crippen LogP contribution in [0.2, 0.25) is 0 Å². The Bertz CT molecular complexity index is 1070. The van der Waals surface area contributed by atoms with Gasteiger partial charge in [-0.3, -0.25) is 13.9 Å². The van der Waals surface area contributed by atoms with Crippen LogP contribution in [0.25, 0.3) is 5.52 Å². The van der Waals surface area contributed by atoms with Crippen molar-refractivity contribution in [2.24, 2.45) is 7.05 Å². The Labute approximate surface area is 176 Å². The van der Waals surface area contributed by atoms with Gasteiger partial charge >= 0.3 is 0 Å². The second-order valence-electron chi connectivity index (χ2n) is 7.51. The molecule has 0 spiro atoms. The number of nitrogens with one attached hydrogen (secondary N) is 2. The van der Waals surface area contributed by atoms with Crippen LogP contribution in [0.15, 0.2) is 24.5 Å². The fraction of sp³-hybridized carbons (Fsp3) is 0.474. The number of aryl methyl sites for hydroxylation is 1. The molecule has 2 aliphatic heterocycles. The van der Waals surface area contributed by atoms with Gasteiger partial charge < -0.3 is 15.5 Å². The minimum Gasteiger partial charge on any atom is -0.336 e. The highest BCUT2D eigenvalue weighted by molar-refractivity contribution is 6.04. The fourth-order valence-electron chi connectivity index (χ4n) is 4.12. The van der Waals surface area contributed by atoms with E-state index >= 15 is 0 Å². The van der Waals surface area contributed by atoms with Crippen LogP contribution in [0, 0.1) is 0 Å². The van der Waals surface area contributed by atoms with E-state index in [4.69, 9.17) is 0 Å². The zero-order valence-electron chi connectivity index (χ0n) is 17.1. The van der Waals surface area contributed by atoms with Crippen molar-refractivity contribution in [2.75, 3.05) is 30.5 Å². The molecule has 2 unspecified atom stereocenters. The third-order valence-electron chi connectivity index (χ3n) is 5.43. The van der Waals surface area contributed by atoms with Gasteiger partial charge in [0, 0.05) is 38.4 Å². The van der Waals surface area contributed by atoms with Gasteiger partial charge in [-0.1, -0.05) is 0 Å². The van der Waals surface area contributed by atoms with E-state index in [2.05, 4.69) is 30.7 Å².